The molecule has 8 nitrogen and oxygen atoms in total. The number of rotatable bonds is 6. The SMILES string of the molecule is CC(O)OOC(=O)c1cccc(C(=O)OOC(C)O)c1. The minimum Gasteiger partial charge on any atom is -0.365 e. The van der Waals surface area contributed by atoms with Gasteiger partial charge < -0.3 is 10.2 Å². The molecule has 0 aliphatic carbocycles. The van der Waals surface area contributed by atoms with Gasteiger partial charge in [-0.05, 0) is 32.0 Å². The summed E-state index contributed by atoms with van der Waals surface area (Å²) in [6, 6.07) is 5.35. The molecule has 1 rings (SSSR count). The van der Waals surface area contributed by atoms with Crippen LogP contribution < -0.4 is 0 Å². The summed E-state index contributed by atoms with van der Waals surface area (Å²) in [6.07, 6.45) is -2.54. The maximum absolute atomic E-state index is 11.5. The fourth-order valence-electron chi connectivity index (χ4n) is 1.10. The Morgan fingerprint density at radius 2 is 1.35 bits per heavy atom. The molecule has 1 aromatic carbocycles. The van der Waals surface area contributed by atoms with Crippen LogP contribution in [0, 0.1) is 0 Å². The number of hydrogen-bond donors (Lipinski definition) is 2. The molecule has 2 N–H and O–H groups in total. The fraction of sp³-hybridized carbons (Fsp3) is 0.333. The molecule has 0 aliphatic rings. The minimum absolute atomic E-state index is 0.0112. The second-order valence-corrected chi connectivity index (χ2v) is 3.71. The molecule has 1 aromatic rings. The van der Waals surface area contributed by atoms with Crippen LogP contribution in [-0.2, 0) is 19.6 Å². The van der Waals surface area contributed by atoms with E-state index in [2.05, 4.69) is 19.6 Å². The first kappa shape index (κ1) is 16.1. The minimum atomic E-state index is -1.27. The first-order valence-electron chi connectivity index (χ1n) is 5.61. The normalized spacial score (nSPS) is 13.4. The zero-order valence-electron chi connectivity index (χ0n) is 10.8. The summed E-state index contributed by atoms with van der Waals surface area (Å²) in [6.45, 7) is 2.52. The molecule has 110 valence electrons. The van der Waals surface area contributed by atoms with Gasteiger partial charge in [0.2, 0.25) is 0 Å². The molecule has 8 heteroatoms. The van der Waals surface area contributed by atoms with Gasteiger partial charge in [0.15, 0.2) is 12.6 Å². The molecule has 2 unspecified atom stereocenters. The van der Waals surface area contributed by atoms with Crippen LogP contribution in [0.4, 0.5) is 0 Å². The van der Waals surface area contributed by atoms with Crippen LogP contribution in [-0.4, -0.2) is 34.7 Å². The van der Waals surface area contributed by atoms with E-state index in [1.807, 2.05) is 0 Å². The van der Waals surface area contributed by atoms with E-state index in [1.165, 1.54) is 38.1 Å². The Morgan fingerprint density at radius 3 is 1.70 bits per heavy atom. The van der Waals surface area contributed by atoms with Crippen LogP contribution >= 0.6 is 0 Å². The predicted octanol–water partition coefficient (Wildman–Crippen LogP) is 0.540. The molecule has 0 radical (unpaired) electrons. The smallest absolute Gasteiger partial charge is 0.365 e. The van der Waals surface area contributed by atoms with Gasteiger partial charge in [-0.25, -0.2) is 9.59 Å². The maximum atomic E-state index is 11.5. The van der Waals surface area contributed by atoms with Crippen molar-refractivity contribution in [2.45, 2.75) is 26.4 Å². The molecule has 20 heavy (non-hydrogen) atoms. The lowest BCUT2D eigenvalue weighted by Crippen LogP contribution is -2.15. The van der Waals surface area contributed by atoms with E-state index in [-0.39, 0.29) is 11.1 Å². The van der Waals surface area contributed by atoms with Gasteiger partial charge in [0.25, 0.3) is 0 Å². The van der Waals surface area contributed by atoms with Gasteiger partial charge in [0.1, 0.15) is 0 Å². The fourth-order valence-corrected chi connectivity index (χ4v) is 1.10. The van der Waals surface area contributed by atoms with Crippen molar-refractivity contribution in [3.8, 4) is 0 Å². The summed E-state index contributed by atoms with van der Waals surface area (Å²) < 4.78 is 0. The largest absolute Gasteiger partial charge is 0.373 e. The van der Waals surface area contributed by atoms with Crippen molar-refractivity contribution in [1.29, 1.82) is 0 Å². The number of benzene rings is 1. The van der Waals surface area contributed by atoms with Crippen LogP contribution in [0.5, 0.6) is 0 Å². The van der Waals surface area contributed by atoms with Gasteiger partial charge in [-0.2, -0.15) is 9.78 Å². The van der Waals surface area contributed by atoms with Crippen LogP contribution in [0.15, 0.2) is 24.3 Å². The molecule has 0 spiro atoms. The Labute approximate surface area is 114 Å². The third-order valence-electron chi connectivity index (χ3n) is 1.86. The summed E-state index contributed by atoms with van der Waals surface area (Å²) in [5.74, 6) is -1.78. The van der Waals surface area contributed by atoms with E-state index in [9.17, 15) is 9.59 Å². The zero-order chi connectivity index (χ0) is 15.1. The molecular formula is C12H14O8. The average molecular weight is 286 g/mol. The number of hydrogen-bond acceptors (Lipinski definition) is 8. The van der Waals surface area contributed by atoms with Crippen molar-refractivity contribution < 1.29 is 39.4 Å². The highest BCUT2D eigenvalue weighted by Crippen LogP contribution is 2.09. The average Bonchev–Trinajstić information content (AvgIpc) is 2.42. The number of aliphatic hydroxyl groups excluding tert-OH is 2. The van der Waals surface area contributed by atoms with Crippen molar-refractivity contribution in [2.24, 2.45) is 0 Å². The van der Waals surface area contributed by atoms with Gasteiger partial charge in [0.05, 0.1) is 11.1 Å². The Kier molecular flexibility index (Phi) is 6.07. The third kappa shape index (κ3) is 5.33. The molecule has 0 saturated carbocycles. The summed E-state index contributed by atoms with van der Waals surface area (Å²) in [4.78, 5) is 40.2. The van der Waals surface area contributed by atoms with Gasteiger partial charge in [-0.1, -0.05) is 6.07 Å². The van der Waals surface area contributed by atoms with Crippen LogP contribution in [0.25, 0.3) is 0 Å². The van der Waals surface area contributed by atoms with Crippen LogP contribution in [0.2, 0.25) is 0 Å². The van der Waals surface area contributed by atoms with Gasteiger partial charge >= 0.3 is 11.9 Å². The van der Waals surface area contributed by atoms with Crippen LogP contribution in [0.1, 0.15) is 34.6 Å². The van der Waals surface area contributed by atoms with Crippen molar-refractivity contribution in [2.75, 3.05) is 0 Å². The van der Waals surface area contributed by atoms with E-state index >= 15 is 0 Å². The monoisotopic (exact) mass is 286 g/mol. The van der Waals surface area contributed by atoms with E-state index in [1.54, 1.807) is 0 Å². The molecular weight excluding hydrogens is 272 g/mol. The highest BCUT2D eigenvalue weighted by molar-refractivity contribution is 5.94. The molecule has 0 fully saturated rings. The molecule has 0 aliphatic heterocycles. The highest BCUT2D eigenvalue weighted by atomic mass is 17.2. The van der Waals surface area contributed by atoms with Gasteiger partial charge in [-0.15, -0.1) is 0 Å². The van der Waals surface area contributed by atoms with Gasteiger partial charge in [-0.3, -0.25) is 9.78 Å². The summed E-state index contributed by atoms with van der Waals surface area (Å²) >= 11 is 0. The summed E-state index contributed by atoms with van der Waals surface area (Å²) in [5, 5.41) is 17.6. The first-order chi connectivity index (χ1) is 9.40. The highest BCUT2D eigenvalue weighted by Gasteiger charge is 2.15. The Morgan fingerprint density at radius 1 is 0.950 bits per heavy atom. The molecule has 0 amide bonds. The van der Waals surface area contributed by atoms with Crippen molar-refractivity contribution in [3.63, 3.8) is 0 Å². The van der Waals surface area contributed by atoms with Crippen molar-refractivity contribution in [3.05, 3.63) is 35.4 Å². The Hall–Kier alpha value is -2.00. The lowest BCUT2D eigenvalue weighted by Gasteiger charge is -2.07. The van der Waals surface area contributed by atoms with E-state index in [0.717, 1.165) is 0 Å². The Bertz CT molecular complexity index is 429. The van der Waals surface area contributed by atoms with Gasteiger partial charge in [0, 0.05) is 0 Å². The Balaban J connectivity index is 2.70. The zero-order valence-corrected chi connectivity index (χ0v) is 10.8. The predicted molar refractivity (Wildman–Crippen MR) is 62.8 cm³/mol. The second kappa shape index (κ2) is 7.56. The quantitative estimate of drug-likeness (QED) is 0.443. The van der Waals surface area contributed by atoms with E-state index < -0.39 is 24.5 Å². The van der Waals surface area contributed by atoms with Crippen molar-refractivity contribution in [1.82, 2.24) is 0 Å². The summed E-state index contributed by atoms with van der Waals surface area (Å²) in [5.41, 5.74) is 0.0225. The lowest BCUT2D eigenvalue weighted by molar-refractivity contribution is -0.321. The van der Waals surface area contributed by atoms with E-state index in [0.29, 0.717) is 0 Å². The lowest BCUT2D eigenvalue weighted by atomic mass is 10.1. The third-order valence-corrected chi connectivity index (χ3v) is 1.86. The molecule has 0 heterocycles. The molecule has 2 atom stereocenters. The topological polar surface area (TPSA) is 112 Å². The number of aliphatic hydroxyl groups is 2. The first-order valence-corrected chi connectivity index (χ1v) is 5.61. The molecule has 0 saturated heterocycles. The standard InChI is InChI=1S/C12H14O8/c1-7(13)17-19-11(15)9-4-3-5-10(6-9)12(16)20-18-8(2)14/h3-8,13-14H,1-2H3. The second-order valence-electron chi connectivity index (χ2n) is 3.71. The van der Waals surface area contributed by atoms with Crippen LogP contribution in [0.3, 0.4) is 0 Å². The molecule has 0 aromatic heterocycles. The molecule has 0 bridgehead atoms. The number of carbonyl (C=O) groups is 2. The van der Waals surface area contributed by atoms with E-state index in [4.69, 9.17) is 10.2 Å². The maximum Gasteiger partial charge on any atom is 0.373 e. The van der Waals surface area contributed by atoms with Crippen molar-refractivity contribution >= 4 is 11.9 Å². The number of carbonyl (C=O) groups excluding carboxylic acids is 2. The summed E-state index contributed by atoms with van der Waals surface area (Å²) in [7, 11) is 0.